The molecule has 0 aliphatic carbocycles. The number of nitrogens with zero attached hydrogens (tertiary/aromatic N) is 2. The van der Waals surface area contributed by atoms with Gasteiger partial charge in [-0.3, -0.25) is 0 Å². The van der Waals surface area contributed by atoms with E-state index in [0.717, 1.165) is 23.1 Å². The number of rotatable bonds is 7. The van der Waals surface area contributed by atoms with E-state index in [2.05, 4.69) is 23.8 Å². The fourth-order valence-electron chi connectivity index (χ4n) is 1.47. The SMILES string of the molecule is Cc1ccnc(SCCCCC(C)(C)CN)n1. The zero-order chi connectivity index (χ0) is 12.7. The summed E-state index contributed by atoms with van der Waals surface area (Å²) in [4.78, 5) is 8.60. The van der Waals surface area contributed by atoms with Crippen molar-refractivity contribution in [2.45, 2.75) is 45.2 Å². The van der Waals surface area contributed by atoms with Crippen molar-refractivity contribution >= 4 is 11.8 Å². The summed E-state index contributed by atoms with van der Waals surface area (Å²) in [6.07, 6.45) is 5.44. The highest BCUT2D eigenvalue weighted by atomic mass is 32.2. The lowest BCUT2D eigenvalue weighted by atomic mass is 9.88. The first kappa shape index (κ1) is 14.5. The van der Waals surface area contributed by atoms with E-state index in [4.69, 9.17) is 5.73 Å². The molecular formula is C13H23N3S. The van der Waals surface area contributed by atoms with E-state index in [1.54, 1.807) is 11.8 Å². The molecule has 0 aliphatic heterocycles. The Kier molecular flexibility index (Phi) is 5.92. The Morgan fingerprint density at radius 3 is 2.76 bits per heavy atom. The van der Waals surface area contributed by atoms with Gasteiger partial charge in [0.15, 0.2) is 5.16 Å². The maximum atomic E-state index is 5.70. The standard InChI is InChI=1S/C13H23N3S/c1-11-6-8-15-12(16-11)17-9-5-4-7-13(2,3)10-14/h6,8H,4-5,7,9-10,14H2,1-3H3. The molecule has 1 heterocycles. The molecule has 96 valence electrons. The van der Waals surface area contributed by atoms with Crippen LogP contribution in [-0.2, 0) is 0 Å². The minimum absolute atomic E-state index is 0.282. The maximum Gasteiger partial charge on any atom is 0.187 e. The molecule has 0 amide bonds. The number of hydrogen-bond acceptors (Lipinski definition) is 4. The van der Waals surface area contributed by atoms with E-state index in [1.807, 2.05) is 19.2 Å². The highest BCUT2D eigenvalue weighted by Crippen LogP contribution is 2.23. The van der Waals surface area contributed by atoms with Gasteiger partial charge in [0.2, 0.25) is 0 Å². The van der Waals surface area contributed by atoms with Crippen LogP contribution in [0.25, 0.3) is 0 Å². The van der Waals surface area contributed by atoms with Crippen LogP contribution in [-0.4, -0.2) is 22.3 Å². The molecule has 17 heavy (non-hydrogen) atoms. The summed E-state index contributed by atoms with van der Waals surface area (Å²) in [5.74, 6) is 1.09. The maximum absolute atomic E-state index is 5.70. The van der Waals surface area contributed by atoms with Crippen LogP contribution >= 0.6 is 11.8 Å². The fourth-order valence-corrected chi connectivity index (χ4v) is 2.34. The summed E-state index contributed by atoms with van der Waals surface area (Å²) in [5.41, 5.74) is 7.02. The van der Waals surface area contributed by atoms with Crippen LogP contribution in [0.3, 0.4) is 0 Å². The average molecular weight is 253 g/mol. The predicted molar refractivity (Wildman–Crippen MR) is 74.2 cm³/mol. The Hall–Kier alpha value is -0.610. The van der Waals surface area contributed by atoms with Crippen molar-refractivity contribution in [3.8, 4) is 0 Å². The van der Waals surface area contributed by atoms with Crippen molar-refractivity contribution in [3.05, 3.63) is 18.0 Å². The van der Waals surface area contributed by atoms with Gasteiger partial charge in [0.25, 0.3) is 0 Å². The molecule has 4 heteroatoms. The normalized spacial score (nSPS) is 11.8. The molecule has 1 aromatic heterocycles. The number of aromatic nitrogens is 2. The van der Waals surface area contributed by atoms with Crippen molar-refractivity contribution in [2.75, 3.05) is 12.3 Å². The average Bonchev–Trinajstić information content (AvgIpc) is 2.29. The van der Waals surface area contributed by atoms with Gasteiger partial charge in [0.1, 0.15) is 0 Å². The van der Waals surface area contributed by atoms with E-state index in [9.17, 15) is 0 Å². The molecule has 0 aliphatic rings. The Balaban J connectivity index is 2.17. The van der Waals surface area contributed by atoms with Crippen molar-refractivity contribution in [1.82, 2.24) is 9.97 Å². The van der Waals surface area contributed by atoms with Crippen LogP contribution < -0.4 is 5.73 Å². The zero-order valence-corrected chi connectivity index (χ0v) is 11.9. The van der Waals surface area contributed by atoms with Crippen molar-refractivity contribution < 1.29 is 0 Å². The number of thioether (sulfide) groups is 1. The third kappa shape index (κ3) is 6.03. The van der Waals surface area contributed by atoms with Gasteiger partial charge in [0.05, 0.1) is 0 Å². The van der Waals surface area contributed by atoms with Crippen molar-refractivity contribution in [2.24, 2.45) is 11.1 Å². The lowest BCUT2D eigenvalue weighted by Crippen LogP contribution is -2.23. The highest BCUT2D eigenvalue weighted by molar-refractivity contribution is 7.99. The molecule has 0 fully saturated rings. The first-order valence-corrected chi connectivity index (χ1v) is 7.14. The van der Waals surface area contributed by atoms with Gasteiger partial charge in [-0.15, -0.1) is 0 Å². The van der Waals surface area contributed by atoms with E-state index in [1.165, 1.54) is 19.3 Å². The monoisotopic (exact) mass is 253 g/mol. The molecule has 1 rings (SSSR count). The molecule has 0 bridgehead atoms. The fraction of sp³-hybridized carbons (Fsp3) is 0.692. The number of hydrogen-bond donors (Lipinski definition) is 1. The van der Waals surface area contributed by atoms with Gasteiger partial charge in [-0.2, -0.15) is 0 Å². The highest BCUT2D eigenvalue weighted by Gasteiger charge is 2.14. The second-order valence-electron chi connectivity index (χ2n) is 5.15. The second-order valence-corrected chi connectivity index (χ2v) is 6.22. The lowest BCUT2D eigenvalue weighted by molar-refractivity contribution is 0.336. The summed E-state index contributed by atoms with van der Waals surface area (Å²) in [6.45, 7) is 7.21. The summed E-state index contributed by atoms with van der Waals surface area (Å²) in [7, 11) is 0. The van der Waals surface area contributed by atoms with Crippen LogP contribution in [0.2, 0.25) is 0 Å². The predicted octanol–water partition coefficient (Wildman–Crippen LogP) is 3.03. The van der Waals surface area contributed by atoms with Crippen molar-refractivity contribution in [3.63, 3.8) is 0 Å². The van der Waals surface area contributed by atoms with Crippen LogP contribution in [0.4, 0.5) is 0 Å². The molecule has 3 nitrogen and oxygen atoms in total. The summed E-state index contributed by atoms with van der Waals surface area (Å²) in [5, 5.41) is 0.892. The second kappa shape index (κ2) is 6.97. The van der Waals surface area contributed by atoms with Crippen LogP contribution in [0, 0.1) is 12.3 Å². The molecule has 0 saturated heterocycles. The Bertz CT molecular complexity index is 339. The third-order valence-electron chi connectivity index (χ3n) is 2.80. The molecule has 0 saturated carbocycles. The van der Waals surface area contributed by atoms with E-state index in [-0.39, 0.29) is 5.41 Å². The van der Waals surface area contributed by atoms with Crippen LogP contribution in [0.5, 0.6) is 0 Å². The topological polar surface area (TPSA) is 51.8 Å². The van der Waals surface area contributed by atoms with Gasteiger partial charge in [-0.05, 0) is 37.8 Å². The van der Waals surface area contributed by atoms with Crippen LogP contribution in [0.1, 0.15) is 38.8 Å². The van der Waals surface area contributed by atoms with E-state index >= 15 is 0 Å². The zero-order valence-electron chi connectivity index (χ0n) is 11.1. The number of nitrogens with two attached hydrogens (primary N) is 1. The molecule has 0 unspecified atom stereocenters. The first-order valence-electron chi connectivity index (χ1n) is 6.16. The molecular weight excluding hydrogens is 230 g/mol. The number of aryl methyl sites for hydroxylation is 1. The summed E-state index contributed by atoms with van der Waals surface area (Å²) >= 11 is 1.74. The largest absolute Gasteiger partial charge is 0.330 e. The lowest BCUT2D eigenvalue weighted by Gasteiger charge is -2.21. The molecule has 1 aromatic rings. The summed E-state index contributed by atoms with van der Waals surface area (Å²) in [6, 6.07) is 1.92. The van der Waals surface area contributed by atoms with Gasteiger partial charge < -0.3 is 5.73 Å². The Labute approximate surface area is 109 Å². The third-order valence-corrected chi connectivity index (χ3v) is 3.75. The van der Waals surface area contributed by atoms with E-state index in [0.29, 0.717) is 0 Å². The van der Waals surface area contributed by atoms with Gasteiger partial charge in [-0.1, -0.05) is 32.0 Å². The molecule has 0 spiro atoms. The summed E-state index contributed by atoms with van der Waals surface area (Å²) < 4.78 is 0. The Morgan fingerprint density at radius 1 is 1.35 bits per heavy atom. The van der Waals surface area contributed by atoms with Crippen molar-refractivity contribution in [1.29, 1.82) is 0 Å². The van der Waals surface area contributed by atoms with Gasteiger partial charge in [-0.25, -0.2) is 9.97 Å². The van der Waals surface area contributed by atoms with Crippen LogP contribution in [0.15, 0.2) is 17.4 Å². The number of unbranched alkanes of at least 4 members (excludes halogenated alkanes) is 1. The molecule has 0 aromatic carbocycles. The van der Waals surface area contributed by atoms with E-state index < -0.39 is 0 Å². The van der Waals surface area contributed by atoms with Gasteiger partial charge >= 0.3 is 0 Å². The van der Waals surface area contributed by atoms with Gasteiger partial charge in [0, 0.05) is 17.6 Å². The molecule has 2 N–H and O–H groups in total. The first-order chi connectivity index (χ1) is 8.03. The Morgan fingerprint density at radius 2 is 2.12 bits per heavy atom. The molecule has 0 atom stereocenters. The molecule has 0 radical (unpaired) electrons. The quantitative estimate of drug-likeness (QED) is 0.461. The minimum Gasteiger partial charge on any atom is -0.330 e. The minimum atomic E-state index is 0.282. The smallest absolute Gasteiger partial charge is 0.187 e.